The summed E-state index contributed by atoms with van der Waals surface area (Å²) in [6, 6.07) is 24.4. The van der Waals surface area contributed by atoms with Gasteiger partial charge in [-0.05, 0) is 35.7 Å². The third kappa shape index (κ3) is 6.21. The van der Waals surface area contributed by atoms with Gasteiger partial charge in [-0.15, -0.1) is 0 Å². The summed E-state index contributed by atoms with van der Waals surface area (Å²) in [6.45, 7) is 4.23. The van der Waals surface area contributed by atoms with Crippen LogP contribution in [0, 0.1) is 6.92 Å². The lowest BCUT2D eigenvalue weighted by Gasteiger charge is -2.27. The molecule has 3 aromatic carbocycles. The van der Waals surface area contributed by atoms with Gasteiger partial charge in [0.25, 0.3) is 0 Å². The SMILES string of the molecule is CCN(CC(=O)N(Cc1ccccc1)Cc1ccccc1)S(=O)(=O)c1cc(C)ccc1OC. The molecular weight excluding hydrogens is 436 g/mol. The second-order valence-corrected chi connectivity index (χ2v) is 9.71. The van der Waals surface area contributed by atoms with E-state index >= 15 is 0 Å². The minimum Gasteiger partial charge on any atom is -0.495 e. The van der Waals surface area contributed by atoms with Crippen LogP contribution in [0.1, 0.15) is 23.6 Å². The van der Waals surface area contributed by atoms with Crippen LogP contribution in [0.25, 0.3) is 0 Å². The van der Waals surface area contributed by atoms with Crippen molar-refractivity contribution in [3.05, 3.63) is 95.6 Å². The van der Waals surface area contributed by atoms with Crippen LogP contribution < -0.4 is 4.74 Å². The first-order valence-electron chi connectivity index (χ1n) is 10.9. The molecule has 0 aliphatic heterocycles. The minimum atomic E-state index is -3.93. The molecule has 3 aromatic rings. The van der Waals surface area contributed by atoms with Crippen molar-refractivity contribution in [3.8, 4) is 5.75 Å². The lowest BCUT2D eigenvalue weighted by Crippen LogP contribution is -2.42. The molecule has 174 valence electrons. The zero-order valence-corrected chi connectivity index (χ0v) is 20.1. The lowest BCUT2D eigenvalue weighted by molar-refractivity contribution is -0.132. The second kappa shape index (κ2) is 11.1. The van der Waals surface area contributed by atoms with Gasteiger partial charge in [0.05, 0.1) is 13.7 Å². The largest absolute Gasteiger partial charge is 0.495 e. The fourth-order valence-corrected chi connectivity index (χ4v) is 5.22. The number of hydrogen-bond acceptors (Lipinski definition) is 4. The van der Waals surface area contributed by atoms with E-state index in [1.165, 1.54) is 11.4 Å². The van der Waals surface area contributed by atoms with E-state index in [0.29, 0.717) is 13.1 Å². The van der Waals surface area contributed by atoms with Gasteiger partial charge in [0, 0.05) is 19.6 Å². The zero-order chi connectivity index (χ0) is 23.8. The Balaban J connectivity index is 1.88. The third-order valence-electron chi connectivity index (χ3n) is 5.39. The quantitative estimate of drug-likeness (QED) is 0.448. The summed E-state index contributed by atoms with van der Waals surface area (Å²) in [5, 5.41) is 0. The number of amides is 1. The number of sulfonamides is 1. The third-order valence-corrected chi connectivity index (χ3v) is 7.33. The van der Waals surface area contributed by atoms with Crippen LogP contribution in [0.4, 0.5) is 0 Å². The van der Waals surface area contributed by atoms with Crippen LogP contribution in [-0.4, -0.2) is 43.7 Å². The highest BCUT2D eigenvalue weighted by molar-refractivity contribution is 7.89. The van der Waals surface area contributed by atoms with E-state index in [2.05, 4.69) is 0 Å². The Kier molecular flexibility index (Phi) is 8.25. The molecule has 1 amide bonds. The van der Waals surface area contributed by atoms with E-state index in [1.54, 1.807) is 30.0 Å². The fourth-order valence-electron chi connectivity index (χ4n) is 3.58. The molecule has 0 bridgehead atoms. The minimum absolute atomic E-state index is 0.0670. The number of rotatable bonds is 10. The van der Waals surface area contributed by atoms with Crippen LogP contribution in [0.15, 0.2) is 83.8 Å². The molecule has 0 N–H and O–H groups in total. The Morgan fingerprint density at radius 2 is 1.42 bits per heavy atom. The number of ether oxygens (including phenoxy) is 1. The van der Waals surface area contributed by atoms with Crippen molar-refractivity contribution in [2.24, 2.45) is 0 Å². The maximum absolute atomic E-state index is 13.4. The number of likely N-dealkylation sites (N-methyl/N-ethyl adjacent to an activating group) is 1. The van der Waals surface area contributed by atoms with Gasteiger partial charge in [0.1, 0.15) is 10.6 Å². The van der Waals surface area contributed by atoms with Crippen molar-refractivity contribution in [3.63, 3.8) is 0 Å². The summed E-state index contributed by atoms with van der Waals surface area (Å²) in [6.07, 6.45) is 0. The number of carbonyl (C=O) groups is 1. The number of hydrogen-bond donors (Lipinski definition) is 0. The highest BCUT2D eigenvalue weighted by Crippen LogP contribution is 2.28. The van der Waals surface area contributed by atoms with E-state index in [4.69, 9.17) is 4.74 Å². The molecule has 0 atom stereocenters. The number of benzene rings is 3. The molecule has 3 rings (SSSR count). The van der Waals surface area contributed by atoms with Gasteiger partial charge in [-0.3, -0.25) is 4.79 Å². The molecule has 33 heavy (non-hydrogen) atoms. The smallest absolute Gasteiger partial charge is 0.247 e. The Hall–Kier alpha value is -3.16. The van der Waals surface area contributed by atoms with Crippen LogP contribution in [0.3, 0.4) is 0 Å². The van der Waals surface area contributed by atoms with Crippen LogP contribution >= 0.6 is 0 Å². The zero-order valence-electron chi connectivity index (χ0n) is 19.3. The number of carbonyl (C=O) groups excluding carboxylic acids is 1. The maximum atomic E-state index is 13.4. The van der Waals surface area contributed by atoms with Gasteiger partial charge < -0.3 is 9.64 Å². The maximum Gasteiger partial charge on any atom is 0.247 e. The molecule has 7 heteroatoms. The fraction of sp³-hybridized carbons (Fsp3) is 0.269. The molecule has 0 fully saturated rings. The summed E-state index contributed by atoms with van der Waals surface area (Å²) >= 11 is 0. The first-order valence-corrected chi connectivity index (χ1v) is 12.3. The van der Waals surface area contributed by atoms with Crippen LogP contribution in [0.2, 0.25) is 0 Å². The Labute approximate surface area is 196 Å². The molecule has 0 unspecified atom stereocenters. The van der Waals surface area contributed by atoms with Crippen LogP contribution in [-0.2, 0) is 27.9 Å². The highest BCUT2D eigenvalue weighted by atomic mass is 32.2. The van der Waals surface area contributed by atoms with Crippen LogP contribution in [0.5, 0.6) is 5.75 Å². The Bertz CT molecular complexity index is 1120. The van der Waals surface area contributed by atoms with Crippen molar-refractivity contribution in [2.45, 2.75) is 31.8 Å². The first-order chi connectivity index (χ1) is 15.8. The standard InChI is InChI=1S/C26H30N2O4S/c1-4-28(33(30,31)25-17-21(2)15-16-24(25)32-3)20-26(29)27(18-22-11-7-5-8-12-22)19-23-13-9-6-10-14-23/h5-17H,4,18-20H2,1-3H3. The second-order valence-electron chi connectivity index (χ2n) is 7.81. The van der Waals surface area contributed by atoms with Gasteiger partial charge in [-0.1, -0.05) is 73.7 Å². The summed E-state index contributed by atoms with van der Waals surface area (Å²) in [5.41, 5.74) is 2.76. The van der Waals surface area contributed by atoms with Gasteiger partial charge >= 0.3 is 0 Å². The van der Waals surface area contributed by atoms with Crippen molar-refractivity contribution < 1.29 is 17.9 Å². The van der Waals surface area contributed by atoms with E-state index in [0.717, 1.165) is 16.7 Å². The lowest BCUT2D eigenvalue weighted by atomic mass is 10.1. The van der Waals surface area contributed by atoms with Crippen molar-refractivity contribution >= 4 is 15.9 Å². The predicted octanol–water partition coefficient (Wildman–Crippen LogP) is 4.24. The highest BCUT2D eigenvalue weighted by Gasteiger charge is 2.30. The van der Waals surface area contributed by atoms with Crippen molar-refractivity contribution in [1.82, 2.24) is 9.21 Å². The van der Waals surface area contributed by atoms with Gasteiger partial charge in [-0.25, -0.2) is 8.42 Å². The number of methoxy groups -OCH3 is 1. The summed E-state index contributed by atoms with van der Waals surface area (Å²) in [7, 11) is -2.49. The Morgan fingerprint density at radius 3 is 1.91 bits per heavy atom. The molecule has 6 nitrogen and oxygen atoms in total. The predicted molar refractivity (Wildman–Crippen MR) is 129 cm³/mol. The van der Waals surface area contributed by atoms with E-state index < -0.39 is 10.0 Å². The summed E-state index contributed by atoms with van der Waals surface area (Å²) in [4.78, 5) is 15.2. The molecule has 0 saturated heterocycles. The molecule has 0 aromatic heterocycles. The van der Waals surface area contributed by atoms with Gasteiger partial charge in [0.2, 0.25) is 15.9 Å². The van der Waals surface area contributed by atoms with Crippen molar-refractivity contribution in [2.75, 3.05) is 20.2 Å². The average molecular weight is 467 g/mol. The molecular formula is C26H30N2O4S. The summed E-state index contributed by atoms with van der Waals surface area (Å²) in [5.74, 6) is -0.00308. The molecule has 0 aliphatic rings. The molecule has 0 heterocycles. The topological polar surface area (TPSA) is 66.9 Å². The van der Waals surface area contributed by atoms with Gasteiger partial charge in [0.15, 0.2) is 0 Å². The summed E-state index contributed by atoms with van der Waals surface area (Å²) < 4.78 is 33.4. The monoisotopic (exact) mass is 466 g/mol. The number of nitrogens with zero attached hydrogens (tertiary/aromatic N) is 2. The van der Waals surface area contributed by atoms with Crippen molar-refractivity contribution in [1.29, 1.82) is 0 Å². The average Bonchev–Trinajstić information content (AvgIpc) is 2.83. The molecule has 0 aliphatic carbocycles. The Morgan fingerprint density at radius 1 is 0.879 bits per heavy atom. The van der Waals surface area contributed by atoms with E-state index in [9.17, 15) is 13.2 Å². The van der Waals surface area contributed by atoms with E-state index in [-0.39, 0.29) is 29.6 Å². The molecule has 0 spiro atoms. The van der Waals surface area contributed by atoms with Gasteiger partial charge in [-0.2, -0.15) is 4.31 Å². The van der Waals surface area contributed by atoms with E-state index in [1.807, 2.05) is 67.6 Å². The molecule has 0 saturated carbocycles. The normalized spacial score (nSPS) is 11.4. The first kappa shape index (κ1) is 24.5. The number of aryl methyl sites for hydroxylation is 1. The molecule has 0 radical (unpaired) electrons.